The van der Waals surface area contributed by atoms with Crippen molar-refractivity contribution < 1.29 is 9.21 Å². The van der Waals surface area contributed by atoms with Gasteiger partial charge < -0.3 is 14.6 Å². The molecule has 1 aromatic heterocycles. The number of rotatable bonds is 6. The third-order valence-corrected chi connectivity index (χ3v) is 5.15. The molecule has 6 heteroatoms. The predicted molar refractivity (Wildman–Crippen MR) is 97.7 cm³/mol. The summed E-state index contributed by atoms with van der Waals surface area (Å²) in [4.78, 5) is 27.0. The van der Waals surface area contributed by atoms with Crippen LogP contribution in [0.2, 0.25) is 0 Å². The summed E-state index contributed by atoms with van der Waals surface area (Å²) >= 11 is 0. The third kappa shape index (κ3) is 3.95. The van der Waals surface area contributed by atoms with Gasteiger partial charge in [-0.15, -0.1) is 0 Å². The summed E-state index contributed by atoms with van der Waals surface area (Å²) in [6.45, 7) is 6.78. The molecular formula is C19H27N3O3. The molecule has 1 N–H and O–H groups in total. The van der Waals surface area contributed by atoms with Crippen LogP contribution in [0.1, 0.15) is 45.6 Å². The summed E-state index contributed by atoms with van der Waals surface area (Å²) in [5, 5.41) is 2.95. The number of nitrogens with zero attached hydrogens (tertiary/aromatic N) is 2. The topological polar surface area (TPSA) is 67.5 Å². The van der Waals surface area contributed by atoms with E-state index in [1.807, 2.05) is 12.1 Å². The second-order valence-electron chi connectivity index (χ2n) is 6.91. The number of likely N-dealkylation sites (tertiary alicyclic amines) is 1. The Labute approximate surface area is 147 Å². The van der Waals surface area contributed by atoms with Gasteiger partial charge >= 0.3 is 5.76 Å². The summed E-state index contributed by atoms with van der Waals surface area (Å²) in [7, 11) is 0. The van der Waals surface area contributed by atoms with Gasteiger partial charge in [-0.2, -0.15) is 0 Å². The zero-order valence-electron chi connectivity index (χ0n) is 15.0. The maximum absolute atomic E-state index is 12.4. The predicted octanol–water partition coefficient (Wildman–Crippen LogP) is 2.54. The SMILES string of the molecule is CC1CCCCN1CCCNC(=O)C(C)n1c(=O)oc2ccccc21. The molecule has 0 spiro atoms. The van der Waals surface area contributed by atoms with Gasteiger partial charge in [0.1, 0.15) is 6.04 Å². The molecule has 0 radical (unpaired) electrons. The Hall–Kier alpha value is -2.08. The smallest absolute Gasteiger partial charge is 0.408 e. The summed E-state index contributed by atoms with van der Waals surface area (Å²) in [5.41, 5.74) is 1.16. The number of carbonyl (C=O) groups excluding carboxylic acids is 1. The lowest BCUT2D eigenvalue weighted by molar-refractivity contribution is -0.123. The van der Waals surface area contributed by atoms with E-state index in [0.29, 0.717) is 23.7 Å². The highest BCUT2D eigenvalue weighted by Gasteiger charge is 2.21. The van der Waals surface area contributed by atoms with Crippen molar-refractivity contribution in [2.45, 2.75) is 51.6 Å². The van der Waals surface area contributed by atoms with Gasteiger partial charge in [0.05, 0.1) is 5.52 Å². The Morgan fingerprint density at radius 3 is 2.96 bits per heavy atom. The Kier molecular flexibility index (Phi) is 5.58. The summed E-state index contributed by atoms with van der Waals surface area (Å²) in [6, 6.07) is 7.21. The number of piperidine rings is 1. The summed E-state index contributed by atoms with van der Waals surface area (Å²) in [5.74, 6) is -0.647. The van der Waals surface area contributed by atoms with Crippen LogP contribution in [0.4, 0.5) is 0 Å². The van der Waals surface area contributed by atoms with Gasteiger partial charge in [-0.05, 0) is 51.8 Å². The molecule has 3 rings (SSSR count). The van der Waals surface area contributed by atoms with Crippen LogP contribution in [0.5, 0.6) is 0 Å². The third-order valence-electron chi connectivity index (χ3n) is 5.15. The fraction of sp³-hybridized carbons (Fsp3) is 0.579. The zero-order chi connectivity index (χ0) is 17.8. The molecule has 2 heterocycles. The van der Waals surface area contributed by atoms with Crippen LogP contribution in [0, 0.1) is 0 Å². The van der Waals surface area contributed by atoms with Gasteiger partial charge in [0.2, 0.25) is 5.91 Å². The normalized spacial score (nSPS) is 19.8. The Bertz CT molecular complexity index is 780. The molecule has 1 saturated heterocycles. The summed E-state index contributed by atoms with van der Waals surface area (Å²) in [6.07, 6.45) is 4.77. The van der Waals surface area contributed by atoms with Gasteiger partial charge in [0.15, 0.2) is 5.58 Å². The minimum atomic E-state index is -0.593. The Balaban J connectivity index is 1.54. The summed E-state index contributed by atoms with van der Waals surface area (Å²) < 4.78 is 6.62. The first kappa shape index (κ1) is 17.7. The number of amides is 1. The highest BCUT2D eigenvalue weighted by molar-refractivity contribution is 5.82. The maximum Gasteiger partial charge on any atom is 0.420 e. The van der Waals surface area contributed by atoms with Crippen molar-refractivity contribution in [3.8, 4) is 0 Å². The van der Waals surface area contributed by atoms with Crippen molar-refractivity contribution in [2.24, 2.45) is 0 Å². The van der Waals surface area contributed by atoms with Crippen molar-refractivity contribution in [3.63, 3.8) is 0 Å². The molecule has 1 aromatic carbocycles. The molecular weight excluding hydrogens is 318 g/mol. The highest BCUT2D eigenvalue weighted by atomic mass is 16.4. The van der Waals surface area contributed by atoms with Crippen molar-refractivity contribution >= 4 is 17.0 Å². The number of oxazole rings is 1. The molecule has 2 unspecified atom stereocenters. The van der Waals surface area contributed by atoms with Gasteiger partial charge in [-0.3, -0.25) is 9.36 Å². The molecule has 25 heavy (non-hydrogen) atoms. The second-order valence-corrected chi connectivity index (χ2v) is 6.91. The van der Waals surface area contributed by atoms with E-state index in [2.05, 4.69) is 17.1 Å². The minimum absolute atomic E-state index is 0.152. The molecule has 2 atom stereocenters. The van der Waals surface area contributed by atoms with E-state index in [0.717, 1.165) is 19.5 Å². The molecule has 1 aliphatic heterocycles. The lowest BCUT2D eigenvalue weighted by atomic mass is 10.0. The minimum Gasteiger partial charge on any atom is -0.408 e. The van der Waals surface area contributed by atoms with Crippen LogP contribution >= 0.6 is 0 Å². The Morgan fingerprint density at radius 1 is 1.36 bits per heavy atom. The van der Waals surface area contributed by atoms with Crippen LogP contribution in [0.25, 0.3) is 11.1 Å². The van der Waals surface area contributed by atoms with Gasteiger partial charge in [0, 0.05) is 19.1 Å². The van der Waals surface area contributed by atoms with E-state index in [9.17, 15) is 9.59 Å². The van der Waals surface area contributed by atoms with Crippen LogP contribution < -0.4 is 11.1 Å². The largest absolute Gasteiger partial charge is 0.420 e. The Morgan fingerprint density at radius 2 is 2.16 bits per heavy atom. The number of hydrogen-bond donors (Lipinski definition) is 1. The highest BCUT2D eigenvalue weighted by Crippen LogP contribution is 2.17. The lowest BCUT2D eigenvalue weighted by Gasteiger charge is -2.33. The van der Waals surface area contributed by atoms with Gasteiger partial charge in [-0.1, -0.05) is 18.6 Å². The number of benzene rings is 1. The first-order valence-electron chi connectivity index (χ1n) is 9.20. The van der Waals surface area contributed by atoms with Crippen molar-refractivity contribution in [1.29, 1.82) is 0 Å². The number of para-hydroxylation sites is 2. The van der Waals surface area contributed by atoms with Crippen molar-refractivity contribution in [2.75, 3.05) is 19.6 Å². The molecule has 6 nitrogen and oxygen atoms in total. The maximum atomic E-state index is 12.4. The average Bonchev–Trinajstić information content (AvgIpc) is 2.95. The van der Waals surface area contributed by atoms with Gasteiger partial charge in [0.25, 0.3) is 0 Å². The first-order valence-corrected chi connectivity index (χ1v) is 9.20. The van der Waals surface area contributed by atoms with E-state index < -0.39 is 11.8 Å². The molecule has 136 valence electrons. The fourth-order valence-electron chi connectivity index (χ4n) is 3.60. The molecule has 1 fully saturated rings. The van der Waals surface area contributed by atoms with Gasteiger partial charge in [-0.25, -0.2) is 4.79 Å². The second kappa shape index (κ2) is 7.87. The molecule has 1 amide bonds. The van der Waals surface area contributed by atoms with Crippen molar-refractivity contribution in [3.05, 3.63) is 34.8 Å². The number of nitrogens with one attached hydrogen (secondary N) is 1. The van der Waals surface area contributed by atoms with E-state index in [1.165, 1.54) is 23.8 Å². The number of fused-ring (bicyclic) bond motifs is 1. The number of hydrogen-bond acceptors (Lipinski definition) is 4. The number of aromatic nitrogens is 1. The van der Waals surface area contributed by atoms with Crippen LogP contribution in [0.15, 0.2) is 33.5 Å². The molecule has 2 aromatic rings. The molecule has 1 aliphatic rings. The van der Waals surface area contributed by atoms with E-state index >= 15 is 0 Å². The zero-order valence-corrected chi connectivity index (χ0v) is 15.0. The van der Waals surface area contributed by atoms with E-state index in [1.54, 1.807) is 19.1 Å². The van der Waals surface area contributed by atoms with E-state index in [4.69, 9.17) is 4.42 Å². The average molecular weight is 345 g/mol. The molecule has 0 aliphatic carbocycles. The van der Waals surface area contributed by atoms with Crippen LogP contribution in [-0.4, -0.2) is 41.1 Å². The number of carbonyl (C=O) groups is 1. The quantitative estimate of drug-likeness (QED) is 0.817. The molecule has 0 saturated carbocycles. The van der Waals surface area contributed by atoms with Crippen molar-refractivity contribution in [1.82, 2.24) is 14.8 Å². The molecule has 0 bridgehead atoms. The lowest BCUT2D eigenvalue weighted by Crippen LogP contribution is -2.40. The van der Waals surface area contributed by atoms with Crippen LogP contribution in [0.3, 0.4) is 0 Å². The fourth-order valence-corrected chi connectivity index (χ4v) is 3.60. The first-order chi connectivity index (χ1) is 12.1. The standard InChI is InChI=1S/C19H27N3O3/c1-14-8-5-6-12-21(14)13-7-11-20-18(23)15(2)22-16-9-3-4-10-17(16)25-19(22)24/h3-4,9-10,14-15H,5-8,11-13H2,1-2H3,(H,20,23). The van der Waals surface area contributed by atoms with E-state index in [-0.39, 0.29) is 5.91 Å². The van der Waals surface area contributed by atoms with Crippen LogP contribution in [-0.2, 0) is 4.79 Å². The monoisotopic (exact) mass is 345 g/mol.